The van der Waals surface area contributed by atoms with E-state index >= 15 is 0 Å². The summed E-state index contributed by atoms with van der Waals surface area (Å²) in [4.78, 5) is 10.8. The molecule has 0 rings (SSSR count). The Bertz CT molecular complexity index is 211. The first-order chi connectivity index (χ1) is 7.35. The normalized spacial score (nSPS) is 13.6. The molecule has 1 atom stereocenters. The Balaban J connectivity index is 3.51. The van der Waals surface area contributed by atoms with E-state index in [0.717, 1.165) is 0 Å². The van der Waals surface area contributed by atoms with Crippen molar-refractivity contribution < 1.29 is 27.8 Å². The van der Waals surface area contributed by atoms with Gasteiger partial charge in [-0.25, -0.2) is 0 Å². The van der Waals surface area contributed by atoms with E-state index in [4.69, 9.17) is 5.11 Å². The quantitative estimate of drug-likeness (QED) is 0.552. The average Bonchev–Trinajstić information content (AvgIpc) is 2.14. The van der Waals surface area contributed by atoms with E-state index in [-0.39, 0.29) is 19.7 Å². The highest BCUT2D eigenvalue weighted by atomic mass is 19.4. The molecule has 0 aromatic heterocycles. The third kappa shape index (κ3) is 9.69. The minimum absolute atomic E-state index is 0.0767. The molecule has 0 saturated carbocycles. The maximum atomic E-state index is 11.7. The van der Waals surface area contributed by atoms with Crippen molar-refractivity contribution in [3.05, 3.63) is 0 Å². The lowest BCUT2D eigenvalue weighted by Crippen LogP contribution is -2.41. The lowest BCUT2D eigenvalue weighted by Gasteiger charge is -2.11. The van der Waals surface area contributed by atoms with E-state index in [9.17, 15) is 18.0 Å². The second-order valence-electron chi connectivity index (χ2n) is 3.13. The smallest absolute Gasteiger partial charge is 0.389 e. The van der Waals surface area contributed by atoms with Crippen LogP contribution >= 0.6 is 0 Å². The van der Waals surface area contributed by atoms with Gasteiger partial charge < -0.3 is 20.5 Å². The first-order valence-corrected chi connectivity index (χ1v) is 4.56. The molecule has 0 aromatic carbocycles. The first kappa shape index (κ1) is 15.1. The summed E-state index contributed by atoms with van der Waals surface area (Å²) in [5, 5.41) is 13.3. The lowest BCUT2D eigenvalue weighted by atomic mass is 10.4. The standard InChI is InChI=1S/C8H15F3N2O3/c1-16-4-6(14)2-12-3-7(15)13-5-8(9,10)11/h6,12,14H,2-5H2,1H3,(H,13,15). The summed E-state index contributed by atoms with van der Waals surface area (Å²) in [6.07, 6.45) is -5.20. The predicted octanol–water partition coefficient (Wildman–Crippen LogP) is -0.738. The SMILES string of the molecule is COCC(O)CNCC(=O)NCC(F)(F)F. The fraction of sp³-hybridized carbons (Fsp3) is 0.875. The highest BCUT2D eigenvalue weighted by Gasteiger charge is 2.27. The Morgan fingerprint density at radius 3 is 2.62 bits per heavy atom. The number of alkyl halides is 3. The van der Waals surface area contributed by atoms with Crippen molar-refractivity contribution in [3.63, 3.8) is 0 Å². The number of amides is 1. The maximum absolute atomic E-state index is 11.7. The summed E-state index contributed by atoms with van der Waals surface area (Å²) in [5.41, 5.74) is 0. The molecule has 3 N–H and O–H groups in total. The lowest BCUT2D eigenvalue weighted by molar-refractivity contribution is -0.137. The van der Waals surface area contributed by atoms with Crippen molar-refractivity contribution in [2.75, 3.05) is 33.4 Å². The molecule has 96 valence electrons. The van der Waals surface area contributed by atoms with Gasteiger partial charge in [0.15, 0.2) is 0 Å². The fourth-order valence-corrected chi connectivity index (χ4v) is 0.865. The number of carbonyl (C=O) groups excluding carboxylic acids is 1. The van der Waals surface area contributed by atoms with Gasteiger partial charge in [0, 0.05) is 13.7 Å². The monoisotopic (exact) mass is 244 g/mol. The van der Waals surface area contributed by atoms with Gasteiger partial charge in [0.2, 0.25) is 5.91 Å². The van der Waals surface area contributed by atoms with Gasteiger partial charge in [0.1, 0.15) is 6.54 Å². The van der Waals surface area contributed by atoms with Crippen LogP contribution < -0.4 is 10.6 Å². The van der Waals surface area contributed by atoms with Gasteiger partial charge in [-0.15, -0.1) is 0 Å². The van der Waals surface area contributed by atoms with Gasteiger partial charge >= 0.3 is 6.18 Å². The van der Waals surface area contributed by atoms with Crippen LogP contribution in [0.5, 0.6) is 0 Å². The number of methoxy groups -OCH3 is 1. The Morgan fingerprint density at radius 1 is 1.50 bits per heavy atom. The Morgan fingerprint density at radius 2 is 2.12 bits per heavy atom. The van der Waals surface area contributed by atoms with Gasteiger partial charge in [-0.2, -0.15) is 13.2 Å². The van der Waals surface area contributed by atoms with Crippen molar-refractivity contribution >= 4 is 5.91 Å². The number of nitrogens with one attached hydrogen (secondary N) is 2. The molecule has 0 aliphatic rings. The van der Waals surface area contributed by atoms with Crippen LogP contribution in [0.15, 0.2) is 0 Å². The van der Waals surface area contributed by atoms with Crippen molar-refractivity contribution in [1.82, 2.24) is 10.6 Å². The zero-order chi connectivity index (χ0) is 12.6. The molecule has 1 amide bonds. The van der Waals surface area contributed by atoms with E-state index in [1.54, 1.807) is 5.32 Å². The number of carbonyl (C=O) groups is 1. The molecular formula is C8H15F3N2O3. The summed E-state index contributed by atoms with van der Waals surface area (Å²) in [6, 6.07) is 0. The second-order valence-corrected chi connectivity index (χ2v) is 3.13. The molecule has 0 saturated heterocycles. The summed E-state index contributed by atoms with van der Waals surface area (Å²) in [7, 11) is 1.40. The van der Waals surface area contributed by atoms with Crippen LogP contribution in [-0.2, 0) is 9.53 Å². The molecule has 0 aliphatic carbocycles. The Labute approximate surface area is 91.0 Å². The number of hydrogen-bond acceptors (Lipinski definition) is 4. The number of rotatable bonds is 7. The molecule has 0 fully saturated rings. The number of ether oxygens (including phenoxy) is 1. The van der Waals surface area contributed by atoms with Crippen LogP contribution in [0.2, 0.25) is 0 Å². The molecule has 0 spiro atoms. The van der Waals surface area contributed by atoms with E-state index < -0.39 is 24.7 Å². The summed E-state index contributed by atoms with van der Waals surface area (Å²) < 4.78 is 39.6. The van der Waals surface area contributed by atoms with Crippen LogP contribution in [0.1, 0.15) is 0 Å². The molecule has 0 aromatic rings. The van der Waals surface area contributed by atoms with Crippen LogP contribution in [-0.4, -0.2) is 56.6 Å². The van der Waals surface area contributed by atoms with Crippen molar-refractivity contribution in [3.8, 4) is 0 Å². The Kier molecular flexibility index (Phi) is 7.02. The van der Waals surface area contributed by atoms with Crippen LogP contribution in [0.25, 0.3) is 0 Å². The van der Waals surface area contributed by atoms with Gasteiger partial charge in [-0.3, -0.25) is 4.79 Å². The minimum atomic E-state index is -4.41. The molecule has 8 heteroatoms. The highest BCUT2D eigenvalue weighted by molar-refractivity contribution is 5.77. The molecule has 5 nitrogen and oxygen atoms in total. The maximum Gasteiger partial charge on any atom is 0.405 e. The average molecular weight is 244 g/mol. The van der Waals surface area contributed by atoms with Crippen LogP contribution in [0.3, 0.4) is 0 Å². The minimum Gasteiger partial charge on any atom is -0.389 e. The van der Waals surface area contributed by atoms with Gasteiger partial charge in [0.05, 0.1) is 19.3 Å². The van der Waals surface area contributed by atoms with E-state index in [0.29, 0.717) is 0 Å². The first-order valence-electron chi connectivity index (χ1n) is 4.56. The van der Waals surface area contributed by atoms with E-state index in [2.05, 4.69) is 10.1 Å². The molecule has 0 aliphatic heterocycles. The van der Waals surface area contributed by atoms with Gasteiger partial charge in [-0.1, -0.05) is 0 Å². The third-order valence-electron chi connectivity index (χ3n) is 1.51. The van der Waals surface area contributed by atoms with E-state index in [1.165, 1.54) is 7.11 Å². The number of hydrogen-bond donors (Lipinski definition) is 3. The fourth-order valence-electron chi connectivity index (χ4n) is 0.865. The largest absolute Gasteiger partial charge is 0.405 e. The zero-order valence-corrected chi connectivity index (χ0v) is 8.80. The molecule has 1 unspecified atom stereocenters. The Hall–Kier alpha value is -0.860. The number of aliphatic hydroxyl groups excluding tert-OH is 1. The molecule has 0 radical (unpaired) electrons. The zero-order valence-electron chi connectivity index (χ0n) is 8.80. The number of aliphatic hydroxyl groups is 1. The topological polar surface area (TPSA) is 70.6 Å². The molecule has 0 heterocycles. The molecular weight excluding hydrogens is 229 g/mol. The summed E-state index contributed by atoms with van der Waals surface area (Å²) >= 11 is 0. The predicted molar refractivity (Wildman–Crippen MR) is 49.8 cm³/mol. The second kappa shape index (κ2) is 7.42. The number of halogens is 3. The summed E-state index contributed by atoms with van der Waals surface area (Å²) in [5.74, 6) is -0.776. The van der Waals surface area contributed by atoms with Gasteiger partial charge in [-0.05, 0) is 0 Å². The van der Waals surface area contributed by atoms with Crippen LogP contribution in [0.4, 0.5) is 13.2 Å². The molecule has 16 heavy (non-hydrogen) atoms. The molecule has 0 bridgehead atoms. The van der Waals surface area contributed by atoms with Crippen LogP contribution in [0, 0.1) is 0 Å². The van der Waals surface area contributed by atoms with Crippen molar-refractivity contribution in [2.24, 2.45) is 0 Å². The van der Waals surface area contributed by atoms with Gasteiger partial charge in [0.25, 0.3) is 0 Å². The third-order valence-corrected chi connectivity index (χ3v) is 1.51. The summed E-state index contributed by atoms with van der Waals surface area (Å²) in [6.45, 7) is -1.46. The van der Waals surface area contributed by atoms with E-state index in [1.807, 2.05) is 0 Å². The highest BCUT2D eigenvalue weighted by Crippen LogP contribution is 2.11. The van der Waals surface area contributed by atoms with Crippen molar-refractivity contribution in [1.29, 1.82) is 0 Å². The van der Waals surface area contributed by atoms with Crippen molar-refractivity contribution in [2.45, 2.75) is 12.3 Å².